The molecule has 1 heterocycles. The summed E-state index contributed by atoms with van der Waals surface area (Å²) in [4.78, 5) is 28.4. The van der Waals surface area contributed by atoms with Gasteiger partial charge in [-0.3, -0.25) is 9.59 Å². The van der Waals surface area contributed by atoms with Gasteiger partial charge >= 0.3 is 0 Å². The van der Waals surface area contributed by atoms with E-state index in [0.29, 0.717) is 12.2 Å². The summed E-state index contributed by atoms with van der Waals surface area (Å²) >= 11 is 0. The van der Waals surface area contributed by atoms with E-state index in [1.807, 2.05) is 44.4 Å². The van der Waals surface area contributed by atoms with Gasteiger partial charge in [-0.2, -0.15) is 5.10 Å². The minimum Gasteiger partial charge on any atom is -0.376 e. The van der Waals surface area contributed by atoms with Gasteiger partial charge in [0.2, 0.25) is 5.91 Å². The van der Waals surface area contributed by atoms with Crippen molar-refractivity contribution in [2.24, 2.45) is 0 Å². The molecule has 134 valence electrons. The molecule has 1 aliphatic carbocycles. The highest BCUT2D eigenvalue weighted by atomic mass is 16.2. The first-order chi connectivity index (χ1) is 12.5. The molecule has 0 radical (unpaired) electrons. The molecule has 0 saturated heterocycles. The molecule has 1 amide bonds. The van der Waals surface area contributed by atoms with Crippen LogP contribution < -0.4 is 10.5 Å². The zero-order valence-corrected chi connectivity index (χ0v) is 15.1. The summed E-state index contributed by atoms with van der Waals surface area (Å²) in [5, 5.41) is 4.11. The summed E-state index contributed by atoms with van der Waals surface area (Å²) in [6.07, 6.45) is 3.56. The van der Waals surface area contributed by atoms with Crippen molar-refractivity contribution >= 4 is 11.6 Å². The van der Waals surface area contributed by atoms with Gasteiger partial charge in [-0.1, -0.05) is 30.0 Å². The Balaban J connectivity index is 1.68. The lowest BCUT2D eigenvalue weighted by Crippen LogP contribution is -2.39. The van der Waals surface area contributed by atoms with E-state index >= 15 is 0 Å². The summed E-state index contributed by atoms with van der Waals surface area (Å²) in [7, 11) is 3.68. The predicted molar refractivity (Wildman–Crippen MR) is 101 cm³/mol. The maximum atomic E-state index is 12.7. The smallest absolute Gasteiger partial charge is 0.269 e. The van der Waals surface area contributed by atoms with Crippen LogP contribution in [-0.4, -0.2) is 47.3 Å². The van der Waals surface area contributed by atoms with Gasteiger partial charge in [0.15, 0.2) is 0 Å². The van der Waals surface area contributed by atoms with E-state index in [-0.39, 0.29) is 24.1 Å². The van der Waals surface area contributed by atoms with Crippen LogP contribution in [-0.2, 0) is 11.3 Å². The number of aromatic nitrogens is 2. The fraction of sp³-hybridized carbons (Fsp3) is 0.350. The van der Waals surface area contributed by atoms with Crippen molar-refractivity contribution in [3.8, 4) is 11.8 Å². The van der Waals surface area contributed by atoms with Crippen molar-refractivity contribution in [2.75, 3.05) is 25.5 Å². The minimum absolute atomic E-state index is 0.0595. The molecule has 0 aliphatic heterocycles. The highest BCUT2D eigenvalue weighted by molar-refractivity contribution is 5.77. The molecule has 26 heavy (non-hydrogen) atoms. The molecule has 0 atom stereocenters. The van der Waals surface area contributed by atoms with Crippen LogP contribution in [0.1, 0.15) is 18.4 Å². The van der Waals surface area contributed by atoms with Crippen LogP contribution in [0, 0.1) is 11.8 Å². The van der Waals surface area contributed by atoms with E-state index in [9.17, 15) is 9.59 Å². The number of hydrogen-bond acceptors (Lipinski definition) is 4. The Morgan fingerprint density at radius 2 is 2.00 bits per heavy atom. The maximum absolute atomic E-state index is 12.7. The van der Waals surface area contributed by atoms with Crippen molar-refractivity contribution < 1.29 is 4.79 Å². The number of nitrogens with zero attached hydrogens (tertiary/aromatic N) is 4. The molecule has 2 aromatic rings. The van der Waals surface area contributed by atoms with Gasteiger partial charge in [0, 0.05) is 31.8 Å². The molecular weight excluding hydrogens is 328 g/mol. The van der Waals surface area contributed by atoms with Crippen molar-refractivity contribution in [3.63, 3.8) is 0 Å². The van der Waals surface area contributed by atoms with Crippen LogP contribution in [0.5, 0.6) is 0 Å². The second-order valence-corrected chi connectivity index (χ2v) is 6.52. The molecule has 1 aromatic carbocycles. The number of anilines is 1. The predicted octanol–water partition coefficient (Wildman–Crippen LogP) is 1.35. The molecule has 0 unspecified atom stereocenters. The van der Waals surface area contributed by atoms with Gasteiger partial charge in [-0.15, -0.1) is 0 Å². The second kappa shape index (κ2) is 7.87. The number of benzene rings is 1. The number of carbonyl (C=O) groups excluding carboxylic acids is 1. The minimum atomic E-state index is -0.282. The van der Waals surface area contributed by atoms with Crippen LogP contribution in [0.15, 0.2) is 47.4 Å². The van der Waals surface area contributed by atoms with E-state index in [1.165, 1.54) is 10.7 Å². The lowest BCUT2D eigenvalue weighted by Gasteiger charge is -2.20. The highest BCUT2D eigenvalue weighted by Crippen LogP contribution is 2.26. The Kier molecular flexibility index (Phi) is 5.37. The third-order valence-electron chi connectivity index (χ3n) is 4.22. The third kappa shape index (κ3) is 4.51. The average molecular weight is 350 g/mol. The number of rotatable bonds is 5. The summed E-state index contributed by atoms with van der Waals surface area (Å²) < 4.78 is 1.20. The number of carbonyl (C=O) groups is 1. The molecule has 6 heteroatoms. The molecule has 1 aromatic heterocycles. The second-order valence-electron chi connectivity index (χ2n) is 6.52. The van der Waals surface area contributed by atoms with Crippen LogP contribution >= 0.6 is 0 Å². The van der Waals surface area contributed by atoms with Crippen molar-refractivity contribution in [1.82, 2.24) is 14.7 Å². The quantitative estimate of drug-likeness (QED) is 0.764. The fourth-order valence-corrected chi connectivity index (χ4v) is 2.56. The normalized spacial score (nSPS) is 12.8. The summed E-state index contributed by atoms with van der Waals surface area (Å²) in [6, 6.07) is 11.4. The van der Waals surface area contributed by atoms with E-state index in [0.717, 1.165) is 18.4 Å². The summed E-state index contributed by atoms with van der Waals surface area (Å²) in [5.74, 6) is 6.02. The monoisotopic (exact) mass is 350 g/mol. The van der Waals surface area contributed by atoms with Gasteiger partial charge < -0.3 is 9.80 Å². The first kappa shape index (κ1) is 17.7. The van der Waals surface area contributed by atoms with E-state index in [2.05, 4.69) is 16.9 Å². The fourth-order valence-electron chi connectivity index (χ4n) is 2.56. The Labute approximate surface area is 153 Å². The Morgan fingerprint density at radius 1 is 1.27 bits per heavy atom. The largest absolute Gasteiger partial charge is 0.376 e. The third-order valence-corrected chi connectivity index (χ3v) is 4.22. The molecule has 0 bridgehead atoms. The summed E-state index contributed by atoms with van der Waals surface area (Å²) in [6.45, 7) is 0.305. The van der Waals surface area contributed by atoms with Gasteiger partial charge in [0.05, 0.1) is 18.4 Å². The molecule has 3 rings (SSSR count). The zero-order chi connectivity index (χ0) is 18.5. The molecule has 1 saturated carbocycles. The van der Waals surface area contributed by atoms with Crippen LogP contribution in [0.4, 0.5) is 5.69 Å². The van der Waals surface area contributed by atoms with Gasteiger partial charge in [0.25, 0.3) is 5.56 Å². The van der Waals surface area contributed by atoms with Crippen molar-refractivity contribution in [3.05, 3.63) is 58.5 Å². The molecule has 0 spiro atoms. The molecule has 6 nitrogen and oxygen atoms in total. The standard InChI is InChI=1S/C20H22N4O2/c1-22(2)18-13-19(25)24(21-14-18)15-20(26)23(17-10-11-17)12-6-9-16-7-4-3-5-8-16/h3-5,7-8,13-14,17H,10-12,15H2,1-2H3. The highest BCUT2D eigenvalue weighted by Gasteiger charge is 2.32. The van der Waals surface area contributed by atoms with E-state index in [4.69, 9.17) is 0 Å². The Morgan fingerprint density at radius 3 is 2.62 bits per heavy atom. The lowest BCUT2D eigenvalue weighted by molar-refractivity contribution is -0.132. The SMILES string of the molecule is CN(C)c1cnn(CC(=O)N(CC#Cc2ccccc2)C2CC2)c(=O)c1. The lowest BCUT2D eigenvalue weighted by atomic mass is 10.2. The molecule has 1 aliphatic rings. The van der Waals surface area contributed by atoms with Crippen LogP contribution in [0.25, 0.3) is 0 Å². The zero-order valence-electron chi connectivity index (χ0n) is 15.1. The Hall–Kier alpha value is -3.07. The maximum Gasteiger partial charge on any atom is 0.269 e. The Bertz CT molecular complexity index is 889. The van der Waals surface area contributed by atoms with Gasteiger partial charge in [-0.25, -0.2) is 4.68 Å². The number of amides is 1. The molecule has 1 fully saturated rings. The van der Waals surface area contributed by atoms with Crippen molar-refractivity contribution in [1.29, 1.82) is 0 Å². The molecule has 0 N–H and O–H groups in total. The van der Waals surface area contributed by atoms with Gasteiger partial charge in [-0.05, 0) is 25.0 Å². The average Bonchev–Trinajstić information content (AvgIpc) is 3.46. The molecular formula is C20H22N4O2. The van der Waals surface area contributed by atoms with Gasteiger partial charge in [0.1, 0.15) is 6.54 Å². The first-order valence-corrected chi connectivity index (χ1v) is 8.62. The van der Waals surface area contributed by atoms with Crippen molar-refractivity contribution in [2.45, 2.75) is 25.4 Å². The topological polar surface area (TPSA) is 58.4 Å². The van der Waals surface area contributed by atoms with E-state index < -0.39 is 0 Å². The summed E-state index contributed by atoms with van der Waals surface area (Å²) in [5.41, 5.74) is 1.36. The number of hydrogen-bond donors (Lipinski definition) is 0. The first-order valence-electron chi connectivity index (χ1n) is 8.62. The van der Waals surface area contributed by atoms with Crippen LogP contribution in [0.2, 0.25) is 0 Å². The van der Waals surface area contributed by atoms with E-state index in [1.54, 1.807) is 16.0 Å². The van der Waals surface area contributed by atoms with Crippen LogP contribution in [0.3, 0.4) is 0 Å².